The van der Waals surface area contributed by atoms with E-state index in [1.54, 1.807) is 0 Å². The van der Waals surface area contributed by atoms with Crippen LogP contribution in [0.15, 0.2) is 24.3 Å². The van der Waals surface area contributed by atoms with E-state index in [4.69, 9.17) is 4.74 Å². The van der Waals surface area contributed by atoms with Gasteiger partial charge in [0.05, 0.1) is 6.42 Å². The standard InChI is InChI=1S/C12H17NO2/c1-10-3-5-11(6-4-10)9-15-12(14)7-8-13-2/h3-6,13H,7-9H2,1-2H3. The van der Waals surface area contributed by atoms with Gasteiger partial charge in [0.2, 0.25) is 0 Å². The molecule has 3 heteroatoms. The molecule has 15 heavy (non-hydrogen) atoms. The summed E-state index contributed by atoms with van der Waals surface area (Å²) >= 11 is 0. The molecule has 1 aromatic carbocycles. The van der Waals surface area contributed by atoms with Gasteiger partial charge in [-0.1, -0.05) is 29.8 Å². The van der Waals surface area contributed by atoms with Gasteiger partial charge in [-0.3, -0.25) is 4.79 Å². The first-order valence-corrected chi connectivity index (χ1v) is 5.08. The second-order valence-electron chi connectivity index (χ2n) is 3.50. The van der Waals surface area contributed by atoms with Crippen LogP contribution in [0.1, 0.15) is 17.5 Å². The molecule has 0 spiro atoms. The lowest BCUT2D eigenvalue weighted by atomic mass is 10.2. The Morgan fingerprint density at radius 3 is 2.60 bits per heavy atom. The lowest BCUT2D eigenvalue weighted by Crippen LogP contribution is -2.14. The summed E-state index contributed by atoms with van der Waals surface area (Å²) in [4.78, 5) is 11.2. The van der Waals surface area contributed by atoms with Gasteiger partial charge >= 0.3 is 5.97 Å². The van der Waals surface area contributed by atoms with Crippen molar-refractivity contribution in [2.24, 2.45) is 0 Å². The van der Waals surface area contributed by atoms with Crippen molar-refractivity contribution in [1.82, 2.24) is 5.32 Å². The summed E-state index contributed by atoms with van der Waals surface area (Å²) < 4.78 is 5.09. The topological polar surface area (TPSA) is 38.3 Å². The van der Waals surface area contributed by atoms with Crippen LogP contribution in [0.3, 0.4) is 0 Å². The molecule has 0 atom stereocenters. The molecule has 0 amide bonds. The Labute approximate surface area is 90.4 Å². The van der Waals surface area contributed by atoms with E-state index in [2.05, 4.69) is 5.32 Å². The fraction of sp³-hybridized carbons (Fsp3) is 0.417. The van der Waals surface area contributed by atoms with Crippen LogP contribution < -0.4 is 5.32 Å². The molecule has 1 N–H and O–H groups in total. The predicted octanol–water partition coefficient (Wildman–Crippen LogP) is 1.65. The Morgan fingerprint density at radius 2 is 2.00 bits per heavy atom. The summed E-state index contributed by atoms with van der Waals surface area (Å²) in [5.41, 5.74) is 2.23. The Kier molecular flexibility index (Phi) is 4.84. The molecule has 0 aliphatic carbocycles. The van der Waals surface area contributed by atoms with Gasteiger partial charge in [0.15, 0.2) is 0 Å². The summed E-state index contributed by atoms with van der Waals surface area (Å²) in [6.07, 6.45) is 0.419. The largest absolute Gasteiger partial charge is 0.461 e. The summed E-state index contributed by atoms with van der Waals surface area (Å²) in [6, 6.07) is 7.97. The minimum absolute atomic E-state index is 0.162. The second-order valence-corrected chi connectivity index (χ2v) is 3.50. The van der Waals surface area contributed by atoms with E-state index in [1.165, 1.54) is 5.56 Å². The zero-order valence-corrected chi connectivity index (χ0v) is 9.25. The fourth-order valence-corrected chi connectivity index (χ4v) is 1.15. The Morgan fingerprint density at radius 1 is 1.33 bits per heavy atom. The number of nitrogens with one attached hydrogen (secondary N) is 1. The van der Waals surface area contributed by atoms with Crippen LogP contribution in [0, 0.1) is 6.92 Å². The van der Waals surface area contributed by atoms with E-state index in [0.29, 0.717) is 19.6 Å². The maximum absolute atomic E-state index is 11.2. The number of carbonyl (C=O) groups is 1. The molecule has 0 radical (unpaired) electrons. The molecule has 0 saturated carbocycles. The van der Waals surface area contributed by atoms with Crippen LogP contribution in [-0.4, -0.2) is 19.6 Å². The Balaban J connectivity index is 2.30. The zero-order chi connectivity index (χ0) is 11.1. The molecule has 0 aromatic heterocycles. The molecule has 0 bridgehead atoms. The third kappa shape index (κ3) is 4.61. The van der Waals surface area contributed by atoms with Gasteiger partial charge in [0, 0.05) is 6.54 Å². The quantitative estimate of drug-likeness (QED) is 0.746. The maximum Gasteiger partial charge on any atom is 0.307 e. The molecule has 0 aliphatic rings. The van der Waals surface area contributed by atoms with Crippen molar-refractivity contribution in [3.63, 3.8) is 0 Å². The zero-order valence-electron chi connectivity index (χ0n) is 9.25. The first-order valence-electron chi connectivity index (χ1n) is 5.08. The van der Waals surface area contributed by atoms with Crippen molar-refractivity contribution in [2.75, 3.05) is 13.6 Å². The van der Waals surface area contributed by atoms with E-state index in [9.17, 15) is 4.79 Å². The van der Waals surface area contributed by atoms with Crippen LogP contribution in [0.5, 0.6) is 0 Å². The van der Waals surface area contributed by atoms with Gasteiger partial charge in [-0.05, 0) is 19.5 Å². The van der Waals surface area contributed by atoms with Crippen molar-refractivity contribution in [1.29, 1.82) is 0 Å². The maximum atomic E-state index is 11.2. The SMILES string of the molecule is CNCCC(=O)OCc1ccc(C)cc1. The number of esters is 1. The third-order valence-corrected chi connectivity index (χ3v) is 2.10. The molecule has 0 unspecified atom stereocenters. The molecule has 0 aliphatic heterocycles. The third-order valence-electron chi connectivity index (χ3n) is 2.10. The highest BCUT2D eigenvalue weighted by molar-refractivity contribution is 5.69. The van der Waals surface area contributed by atoms with E-state index in [1.807, 2.05) is 38.2 Å². The van der Waals surface area contributed by atoms with Crippen molar-refractivity contribution in [3.8, 4) is 0 Å². The predicted molar refractivity (Wildman–Crippen MR) is 59.5 cm³/mol. The summed E-state index contributed by atoms with van der Waals surface area (Å²) in [5.74, 6) is -0.162. The van der Waals surface area contributed by atoms with Crippen LogP contribution in [0.25, 0.3) is 0 Å². The van der Waals surface area contributed by atoms with Gasteiger partial charge in [-0.25, -0.2) is 0 Å². The molecular weight excluding hydrogens is 190 g/mol. The average Bonchev–Trinajstić information content (AvgIpc) is 2.25. The number of rotatable bonds is 5. The van der Waals surface area contributed by atoms with Crippen molar-refractivity contribution < 1.29 is 9.53 Å². The van der Waals surface area contributed by atoms with Gasteiger partial charge in [0.1, 0.15) is 6.61 Å². The van der Waals surface area contributed by atoms with Crippen LogP contribution in [0.2, 0.25) is 0 Å². The molecule has 0 saturated heterocycles. The van der Waals surface area contributed by atoms with Crippen molar-refractivity contribution in [2.45, 2.75) is 20.0 Å². The lowest BCUT2D eigenvalue weighted by molar-refractivity contribution is -0.144. The smallest absolute Gasteiger partial charge is 0.307 e. The van der Waals surface area contributed by atoms with Gasteiger partial charge in [0.25, 0.3) is 0 Å². The monoisotopic (exact) mass is 207 g/mol. The highest BCUT2D eigenvalue weighted by Crippen LogP contribution is 2.04. The summed E-state index contributed by atoms with van der Waals surface area (Å²) in [6.45, 7) is 3.05. The highest BCUT2D eigenvalue weighted by Gasteiger charge is 2.01. The second kappa shape index (κ2) is 6.19. The number of benzene rings is 1. The molecule has 1 rings (SSSR count). The molecule has 1 aromatic rings. The summed E-state index contributed by atoms with van der Waals surface area (Å²) in [5, 5.41) is 2.90. The number of ether oxygens (including phenoxy) is 1. The number of carbonyl (C=O) groups excluding carboxylic acids is 1. The molecule has 0 heterocycles. The van der Waals surface area contributed by atoms with Crippen LogP contribution >= 0.6 is 0 Å². The van der Waals surface area contributed by atoms with Crippen LogP contribution in [-0.2, 0) is 16.1 Å². The number of aryl methyl sites for hydroxylation is 1. The van der Waals surface area contributed by atoms with Gasteiger partial charge in [-0.2, -0.15) is 0 Å². The van der Waals surface area contributed by atoms with E-state index in [0.717, 1.165) is 5.56 Å². The number of hydrogen-bond acceptors (Lipinski definition) is 3. The minimum Gasteiger partial charge on any atom is -0.461 e. The first kappa shape index (κ1) is 11.7. The lowest BCUT2D eigenvalue weighted by Gasteiger charge is -2.04. The molecule has 3 nitrogen and oxygen atoms in total. The van der Waals surface area contributed by atoms with Crippen molar-refractivity contribution >= 4 is 5.97 Å². The molecular formula is C12H17NO2. The van der Waals surface area contributed by atoms with Gasteiger partial charge < -0.3 is 10.1 Å². The Bertz CT molecular complexity index is 306. The normalized spacial score (nSPS) is 10.0. The molecule has 82 valence electrons. The minimum atomic E-state index is -0.162. The van der Waals surface area contributed by atoms with Gasteiger partial charge in [-0.15, -0.1) is 0 Å². The summed E-state index contributed by atoms with van der Waals surface area (Å²) in [7, 11) is 1.81. The van der Waals surface area contributed by atoms with E-state index >= 15 is 0 Å². The van der Waals surface area contributed by atoms with Crippen molar-refractivity contribution in [3.05, 3.63) is 35.4 Å². The van der Waals surface area contributed by atoms with E-state index < -0.39 is 0 Å². The molecule has 0 fully saturated rings. The Hall–Kier alpha value is -1.35. The van der Waals surface area contributed by atoms with Crippen LogP contribution in [0.4, 0.5) is 0 Å². The average molecular weight is 207 g/mol. The fourth-order valence-electron chi connectivity index (χ4n) is 1.15. The van der Waals surface area contributed by atoms with E-state index in [-0.39, 0.29) is 5.97 Å². The highest BCUT2D eigenvalue weighted by atomic mass is 16.5. The number of hydrogen-bond donors (Lipinski definition) is 1. The first-order chi connectivity index (χ1) is 7.22.